The molecule has 0 aliphatic rings. The summed E-state index contributed by atoms with van der Waals surface area (Å²) >= 11 is 0. The van der Waals surface area contributed by atoms with Gasteiger partial charge in [0.25, 0.3) is 6.47 Å². The average molecular weight is 149 g/mol. The molecule has 0 aromatic rings. The van der Waals surface area contributed by atoms with Crippen LogP contribution in [0, 0.1) is 0 Å². The molecule has 0 heterocycles. The molecule has 5 nitrogen and oxygen atoms in total. The number of carbonyl (C=O) groups excluding carboxylic acids is 1. The normalized spacial score (nSPS) is 13.2. The van der Waals surface area contributed by atoms with Crippen molar-refractivity contribution in [1.82, 2.24) is 5.23 Å². The molecule has 0 bridgehead atoms. The minimum absolute atomic E-state index is 0.329. The van der Waals surface area contributed by atoms with Crippen LogP contribution in [0.3, 0.4) is 0 Å². The van der Waals surface area contributed by atoms with Crippen LogP contribution in [0.15, 0.2) is 0 Å². The molecule has 0 spiro atoms. The molecule has 0 radical (unpaired) electrons. The summed E-state index contributed by atoms with van der Waals surface area (Å²) in [7, 11) is 2.82. The summed E-state index contributed by atoms with van der Waals surface area (Å²) < 4.78 is 4.48. The molecule has 0 saturated heterocycles. The maximum absolute atomic E-state index is 9.79. The van der Waals surface area contributed by atoms with Gasteiger partial charge in [-0.3, -0.25) is 14.5 Å². The van der Waals surface area contributed by atoms with E-state index in [4.69, 9.17) is 0 Å². The van der Waals surface area contributed by atoms with Gasteiger partial charge < -0.3 is 4.74 Å². The summed E-state index contributed by atoms with van der Waals surface area (Å²) in [5.74, 6) is 0. The summed E-state index contributed by atoms with van der Waals surface area (Å²) in [6.45, 7) is 1.94. The van der Waals surface area contributed by atoms with E-state index >= 15 is 0 Å². The molecule has 0 aliphatic heterocycles. The Hall–Kier alpha value is -0.650. The van der Waals surface area contributed by atoms with Gasteiger partial charge in [0.1, 0.15) is 0 Å². The second-order valence-corrected chi connectivity index (χ2v) is 1.48. The van der Waals surface area contributed by atoms with Crippen LogP contribution < -0.4 is 0 Å². The van der Waals surface area contributed by atoms with Gasteiger partial charge in [-0.15, -0.1) is 0 Å². The van der Waals surface area contributed by atoms with Crippen molar-refractivity contribution in [3.8, 4) is 0 Å². The van der Waals surface area contributed by atoms with Crippen LogP contribution in [-0.2, 0) is 19.2 Å². The van der Waals surface area contributed by atoms with Gasteiger partial charge in [0.15, 0.2) is 6.23 Å². The predicted molar refractivity (Wildman–Crippen MR) is 32.5 cm³/mol. The van der Waals surface area contributed by atoms with E-state index in [1.165, 1.54) is 14.2 Å². The first-order valence-electron chi connectivity index (χ1n) is 2.72. The smallest absolute Gasteiger partial charge is 0.294 e. The highest BCUT2D eigenvalue weighted by atomic mass is 17.0. The lowest BCUT2D eigenvalue weighted by Crippen LogP contribution is -2.32. The number of rotatable bonds is 5. The third kappa shape index (κ3) is 2.77. The zero-order chi connectivity index (χ0) is 7.98. The van der Waals surface area contributed by atoms with Crippen LogP contribution in [0.2, 0.25) is 0 Å². The fraction of sp³-hybridized carbons (Fsp3) is 0.800. The van der Waals surface area contributed by atoms with Gasteiger partial charge >= 0.3 is 0 Å². The molecule has 1 unspecified atom stereocenters. The Bertz CT molecular complexity index is 93.6. The first-order valence-corrected chi connectivity index (χ1v) is 2.72. The van der Waals surface area contributed by atoms with E-state index in [1.807, 2.05) is 0 Å². The van der Waals surface area contributed by atoms with Gasteiger partial charge in [-0.05, 0) is 12.2 Å². The van der Waals surface area contributed by atoms with E-state index in [0.29, 0.717) is 6.47 Å². The lowest BCUT2D eigenvalue weighted by molar-refractivity contribution is -0.392. The zero-order valence-corrected chi connectivity index (χ0v) is 6.23. The van der Waals surface area contributed by atoms with Crippen molar-refractivity contribution in [2.45, 2.75) is 13.2 Å². The van der Waals surface area contributed by atoms with E-state index in [2.05, 4.69) is 14.4 Å². The maximum Gasteiger partial charge on any atom is 0.294 e. The number of hydroxylamine groups is 2. The molecule has 0 N–H and O–H groups in total. The molecule has 0 amide bonds. The summed E-state index contributed by atoms with van der Waals surface area (Å²) in [5.41, 5.74) is 0. The van der Waals surface area contributed by atoms with Crippen molar-refractivity contribution in [2.24, 2.45) is 0 Å². The Morgan fingerprint density at radius 2 is 1.90 bits per heavy atom. The lowest BCUT2D eigenvalue weighted by atomic mass is 10.7. The molecule has 0 saturated carbocycles. The van der Waals surface area contributed by atoms with Gasteiger partial charge in [0.2, 0.25) is 0 Å². The van der Waals surface area contributed by atoms with E-state index in [0.717, 1.165) is 5.23 Å². The van der Waals surface area contributed by atoms with Crippen LogP contribution in [0.25, 0.3) is 0 Å². The lowest BCUT2D eigenvalue weighted by Gasteiger charge is -2.20. The van der Waals surface area contributed by atoms with Crippen LogP contribution in [0.5, 0.6) is 0 Å². The summed E-state index contributed by atoms with van der Waals surface area (Å²) in [6.07, 6.45) is -0.535. The Morgan fingerprint density at radius 3 is 2.20 bits per heavy atom. The number of nitrogens with zero attached hydrogens (tertiary/aromatic N) is 1. The topological polar surface area (TPSA) is 48.0 Å². The predicted octanol–water partition coefficient (Wildman–Crippen LogP) is -0.0698. The summed E-state index contributed by atoms with van der Waals surface area (Å²) in [5, 5.41) is 1.05. The molecule has 0 aromatic heterocycles. The van der Waals surface area contributed by atoms with Crippen molar-refractivity contribution in [3.05, 3.63) is 0 Å². The molecular formula is C5H11NO4. The minimum Gasteiger partial charge on any atom is -0.444 e. The average Bonchev–Trinajstić information content (AvgIpc) is 1.91. The fourth-order valence-electron chi connectivity index (χ4n) is 0.502. The number of hydrogen-bond acceptors (Lipinski definition) is 5. The fourth-order valence-corrected chi connectivity index (χ4v) is 0.502. The maximum atomic E-state index is 9.79. The Kier molecular flexibility index (Phi) is 4.82. The largest absolute Gasteiger partial charge is 0.444 e. The first-order chi connectivity index (χ1) is 4.76. The third-order valence-electron chi connectivity index (χ3n) is 0.909. The Balaban J connectivity index is 3.63. The molecular weight excluding hydrogens is 138 g/mol. The quantitative estimate of drug-likeness (QED) is 0.311. The van der Waals surface area contributed by atoms with Crippen molar-refractivity contribution in [1.29, 1.82) is 0 Å². The highest BCUT2D eigenvalue weighted by molar-refractivity contribution is 5.37. The minimum atomic E-state index is -0.535. The van der Waals surface area contributed by atoms with E-state index in [9.17, 15) is 4.79 Å². The van der Waals surface area contributed by atoms with Gasteiger partial charge in [-0.1, -0.05) is 0 Å². The highest BCUT2D eigenvalue weighted by Crippen LogP contribution is 1.97. The molecule has 5 heteroatoms. The molecule has 1 atom stereocenters. The number of carbonyl (C=O) groups is 1. The zero-order valence-electron chi connectivity index (χ0n) is 6.23. The van der Waals surface area contributed by atoms with E-state index in [-0.39, 0.29) is 0 Å². The molecule has 60 valence electrons. The van der Waals surface area contributed by atoms with Crippen LogP contribution >= 0.6 is 0 Å². The summed E-state index contributed by atoms with van der Waals surface area (Å²) in [6, 6.07) is 0. The van der Waals surface area contributed by atoms with Gasteiger partial charge in [-0.2, -0.15) is 0 Å². The molecule has 0 fully saturated rings. The molecule has 0 aliphatic carbocycles. The van der Waals surface area contributed by atoms with Crippen molar-refractivity contribution < 1.29 is 19.2 Å². The summed E-state index contributed by atoms with van der Waals surface area (Å²) in [4.78, 5) is 19.1. The van der Waals surface area contributed by atoms with Gasteiger partial charge in [0, 0.05) is 0 Å². The Labute approximate surface area is 59.4 Å². The second kappa shape index (κ2) is 5.16. The third-order valence-corrected chi connectivity index (χ3v) is 0.909. The van der Waals surface area contributed by atoms with Crippen molar-refractivity contribution in [3.63, 3.8) is 0 Å². The molecule has 10 heavy (non-hydrogen) atoms. The van der Waals surface area contributed by atoms with Crippen molar-refractivity contribution >= 4 is 6.47 Å². The number of ether oxygens (including phenoxy) is 1. The van der Waals surface area contributed by atoms with Crippen LogP contribution in [0.1, 0.15) is 6.92 Å². The van der Waals surface area contributed by atoms with Gasteiger partial charge in [-0.25, -0.2) is 0 Å². The molecule has 0 aromatic carbocycles. The molecule has 0 rings (SSSR count). The SMILES string of the molecule is CON(OC)C(C)OC=O. The van der Waals surface area contributed by atoms with Crippen molar-refractivity contribution in [2.75, 3.05) is 14.2 Å². The van der Waals surface area contributed by atoms with Crippen LogP contribution in [0.4, 0.5) is 0 Å². The van der Waals surface area contributed by atoms with E-state index in [1.54, 1.807) is 6.92 Å². The van der Waals surface area contributed by atoms with Crippen LogP contribution in [-0.4, -0.2) is 32.1 Å². The monoisotopic (exact) mass is 149 g/mol. The Morgan fingerprint density at radius 1 is 1.40 bits per heavy atom. The standard InChI is InChI=1S/C5H11NO4/c1-5(10-4-7)6(8-2)9-3/h4-5H,1-3H3. The second-order valence-electron chi connectivity index (χ2n) is 1.48. The van der Waals surface area contributed by atoms with Gasteiger partial charge in [0.05, 0.1) is 14.2 Å². The first kappa shape index (κ1) is 9.35. The highest BCUT2D eigenvalue weighted by Gasteiger charge is 2.12. The van der Waals surface area contributed by atoms with E-state index < -0.39 is 6.23 Å². The number of hydrogen-bond donors (Lipinski definition) is 0.